The number of nitrogens with zero attached hydrogens (tertiary/aromatic N) is 1. The molecule has 0 saturated carbocycles. The maximum atomic E-state index is 11.3. The Morgan fingerprint density at radius 2 is 2.35 bits per heavy atom. The first-order chi connectivity index (χ1) is 7.88. The quantitative estimate of drug-likeness (QED) is 0.838. The lowest BCUT2D eigenvalue weighted by Gasteiger charge is -2.19. The Morgan fingerprint density at radius 1 is 1.65 bits per heavy atom. The Balaban J connectivity index is 2.22. The van der Waals surface area contributed by atoms with Gasteiger partial charge in [-0.15, -0.1) is 0 Å². The minimum Gasteiger partial charge on any atom is -0.444 e. The number of aromatic nitrogens is 1. The normalized spacial score (nSPS) is 13.2. The molecular weight excluding hydrogens is 224 g/mol. The maximum Gasteiger partial charge on any atom is 0.407 e. The first-order valence-corrected chi connectivity index (χ1v) is 5.44. The lowest BCUT2D eigenvalue weighted by atomic mass is 10.2. The molecule has 2 N–H and O–H groups in total. The molecule has 0 radical (unpaired) electrons. The summed E-state index contributed by atoms with van der Waals surface area (Å²) >= 11 is 0. The molecule has 6 heteroatoms. The van der Waals surface area contributed by atoms with Gasteiger partial charge in [0.2, 0.25) is 0 Å². The topological polar surface area (TPSA) is 84.6 Å². The van der Waals surface area contributed by atoms with Crippen molar-refractivity contribution in [3.05, 3.63) is 18.0 Å². The molecule has 0 aliphatic carbocycles. The van der Waals surface area contributed by atoms with Gasteiger partial charge in [-0.2, -0.15) is 0 Å². The summed E-state index contributed by atoms with van der Waals surface area (Å²) in [6.07, 6.45) is 0.531. The van der Waals surface area contributed by atoms with Crippen molar-refractivity contribution in [3.8, 4) is 0 Å². The van der Waals surface area contributed by atoms with Crippen LogP contribution in [0.15, 0.2) is 16.8 Å². The van der Waals surface area contributed by atoms with Gasteiger partial charge in [-0.1, -0.05) is 5.16 Å². The Bertz CT molecular complexity index is 343. The van der Waals surface area contributed by atoms with Crippen molar-refractivity contribution >= 4 is 6.09 Å². The van der Waals surface area contributed by atoms with Crippen molar-refractivity contribution in [2.45, 2.75) is 38.9 Å². The second kappa shape index (κ2) is 5.67. The van der Waals surface area contributed by atoms with Crippen LogP contribution in [-0.2, 0) is 4.74 Å². The lowest BCUT2D eigenvalue weighted by molar-refractivity contribution is 0.0514. The van der Waals surface area contributed by atoms with Gasteiger partial charge in [-0.25, -0.2) is 4.79 Å². The van der Waals surface area contributed by atoms with Crippen LogP contribution in [0.3, 0.4) is 0 Å². The molecule has 1 amide bonds. The molecule has 6 nitrogen and oxygen atoms in total. The van der Waals surface area contributed by atoms with E-state index >= 15 is 0 Å². The third-order valence-corrected chi connectivity index (χ3v) is 1.87. The smallest absolute Gasteiger partial charge is 0.407 e. The number of nitrogens with one attached hydrogen (secondary N) is 1. The number of hydrogen-bond acceptors (Lipinski definition) is 5. The fourth-order valence-electron chi connectivity index (χ4n) is 1.16. The van der Waals surface area contributed by atoms with E-state index in [1.165, 1.54) is 6.20 Å². The maximum absolute atomic E-state index is 11.3. The van der Waals surface area contributed by atoms with Gasteiger partial charge >= 0.3 is 6.09 Å². The van der Waals surface area contributed by atoms with E-state index in [0.29, 0.717) is 18.7 Å². The van der Waals surface area contributed by atoms with E-state index in [-0.39, 0.29) is 0 Å². The highest BCUT2D eigenvalue weighted by molar-refractivity contribution is 5.67. The molecule has 1 atom stereocenters. The molecule has 0 fully saturated rings. The van der Waals surface area contributed by atoms with Crippen LogP contribution in [-0.4, -0.2) is 28.5 Å². The molecule has 1 aromatic rings. The third kappa shape index (κ3) is 5.35. The lowest BCUT2D eigenvalue weighted by Crippen LogP contribution is -2.33. The highest BCUT2D eigenvalue weighted by Gasteiger charge is 2.16. The molecule has 0 unspecified atom stereocenters. The van der Waals surface area contributed by atoms with Crippen molar-refractivity contribution in [1.82, 2.24) is 10.5 Å². The standard InChI is InChI=1S/C11H18N2O4/c1-11(2,3)16-10(15)12-6-4-8(14)9-5-7-13-17-9/h5,7-8,14H,4,6H2,1-3H3,(H,12,15)/t8-/m1/s1. The number of amides is 1. The number of aliphatic hydroxyl groups is 1. The van der Waals surface area contributed by atoms with Gasteiger partial charge in [0.05, 0.1) is 6.20 Å². The van der Waals surface area contributed by atoms with Crippen LogP contribution in [0.4, 0.5) is 4.79 Å². The van der Waals surface area contributed by atoms with E-state index in [1.807, 2.05) is 0 Å². The Morgan fingerprint density at radius 3 is 2.88 bits per heavy atom. The molecule has 0 saturated heterocycles. The number of ether oxygens (including phenoxy) is 1. The SMILES string of the molecule is CC(C)(C)OC(=O)NCC[C@@H](O)c1ccno1. The summed E-state index contributed by atoms with van der Waals surface area (Å²) in [6, 6.07) is 1.58. The van der Waals surface area contributed by atoms with Crippen LogP contribution in [0.2, 0.25) is 0 Å². The second-order valence-corrected chi connectivity index (χ2v) is 4.65. The van der Waals surface area contributed by atoms with Crippen LogP contribution in [0.25, 0.3) is 0 Å². The monoisotopic (exact) mass is 242 g/mol. The van der Waals surface area contributed by atoms with Crippen molar-refractivity contribution < 1.29 is 19.2 Å². The molecule has 0 aromatic carbocycles. The molecule has 1 heterocycles. The number of carbonyl (C=O) groups excluding carboxylic acids is 1. The Kier molecular flexibility index (Phi) is 4.51. The van der Waals surface area contributed by atoms with Gasteiger partial charge < -0.3 is 19.7 Å². The zero-order valence-electron chi connectivity index (χ0n) is 10.3. The average molecular weight is 242 g/mol. The van der Waals surface area contributed by atoms with Gasteiger partial charge in [0.15, 0.2) is 5.76 Å². The van der Waals surface area contributed by atoms with E-state index < -0.39 is 17.8 Å². The number of carbonyl (C=O) groups is 1. The summed E-state index contributed by atoms with van der Waals surface area (Å²) in [4.78, 5) is 11.3. The molecule has 1 rings (SSSR count). The molecule has 1 aromatic heterocycles. The molecule has 0 spiro atoms. The molecule has 0 aliphatic rings. The molecule has 96 valence electrons. The fraction of sp³-hybridized carbons (Fsp3) is 0.636. The van der Waals surface area contributed by atoms with Gasteiger partial charge in [0.1, 0.15) is 11.7 Å². The summed E-state index contributed by atoms with van der Waals surface area (Å²) < 4.78 is 9.83. The molecular formula is C11H18N2O4. The van der Waals surface area contributed by atoms with Gasteiger partial charge in [0.25, 0.3) is 0 Å². The van der Waals surface area contributed by atoms with Gasteiger partial charge in [0, 0.05) is 12.6 Å². The second-order valence-electron chi connectivity index (χ2n) is 4.65. The minimum absolute atomic E-state index is 0.302. The van der Waals surface area contributed by atoms with Crippen LogP contribution >= 0.6 is 0 Å². The van der Waals surface area contributed by atoms with E-state index in [1.54, 1.807) is 26.8 Å². The molecule has 17 heavy (non-hydrogen) atoms. The number of rotatable bonds is 4. The highest BCUT2D eigenvalue weighted by Crippen LogP contribution is 2.14. The largest absolute Gasteiger partial charge is 0.444 e. The summed E-state index contributed by atoms with van der Waals surface area (Å²) in [5.41, 5.74) is -0.520. The van der Waals surface area contributed by atoms with Crippen LogP contribution in [0, 0.1) is 0 Å². The zero-order valence-corrected chi connectivity index (χ0v) is 10.3. The van der Waals surface area contributed by atoms with Crippen LogP contribution in [0.5, 0.6) is 0 Å². The van der Waals surface area contributed by atoms with Crippen LogP contribution < -0.4 is 5.32 Å². The molecule has 0 aliphatic heterocycles. The van der Waals surface area contributed by atoms with Gasteiger partial charge in [-0.3, -0.25) is 0 Å². The van der Waals surface area contributed by atoms with E-state index in [9.17, 15) is 9.90 Å². The number of hydrogen-bond donors (Lipinski definition) is 2. The van der Waals surface area contributed by atoms with Crippen molar-refractivity contribution in [2.75, 3.05) is 6.54 Å². The van der Waals surface area contributed by atoms with E-state index in [4.69, 9.17) is 9.26 Å². The summed E-state index contributed by atoms with van der Waals surface area (Å²) in [7, 11) is 0. The first kappa shape index (κ1) is 13.5. The Hall–Kier alpha value is -1.56. The number of aliphatic hydroxyl groups excluding tert-OH is 1. The predicted octanol–water partition coefficient (Wildman–Crippen LogP) is 1.62. The third-order valence-electron chi connectivity index (χ3n) is 1.87. The first-order valence-electron chi connectivity index (χ1n) is 5.44. The zero-order chi connectivity index (χ0) is 12.9. The van der Waals surface area contributed by atoms with Crippen molar-refractivity contribution in [2.24, 2.45) is 0 Å². The molecule has 0 bridgehead atoms. The highest BCUT2D eigenvalue weighted by atomic mass is 16.6. The predicted molar refractivity (Wildman–Crippen MR) is 60.3 cm³/mol. The summed E-state index contributed by atoms with van der Waals surface area (Å²) in [5, 5.41) is 15.7. The van der Waals surface area contributed by atoms with Crippen molar-refractivity contribution in [3.63, 3.8) is 0 Å². The average Bonchev–Trinajstić information content (AvgIpc) is 2.66. The van der Waals surface area contributed by atoms with Crippen LogP contribution in [0.1, 0.15) is 39.1 Å². The van der Waals surface area contributed by atoms with E-state index in [0.717, 1.165) is 0 Å². The van der Waals surface area contributed by atoms with E-state index in [2.05, 4.69) is 10.5 Å². The summed E-state index contributed by atoms with van der Waals surface area (Å²) in [5.74, 6) is 0.385. The van der Waals surface area contributed by atoms with Crippen molar-refractivity contribution in [1.29, 1.82) is 0 Å². The van der Waals surface area contributed by atoms with Gasteiger partial charge in [-0.05, 0) is 27.2 Å². The Labute approximate surface area is 99.9 Å². The fourth-order valence-corrected chi connectivity index (χ4v) is 1.16. The summed E-state index contributed by atoms with van der Waals surface area (Å²) in [6.45, 7) is 5.67. The number of alkyl carbamates (subject to hydrolysis) is 1. The minimum atomic E-state index is -0.771.